The Hall–Kier alpha value is -1.13. The van der Waals surface area contributed by atoms with E-state index in [1.165, 1.54) is 4.90 Å². The second-order valence-corrected chi connectivity index (χ2v) is 6.34. The minimum atomic E-state index is -0.0161. The van der Waals surface area contributed by atoms with Crippen molar-refractivity contribution in [2.24, 2.45) is 4.99 Å². The van der Waals surface area contributed by atoms with E-state index in [0.717, 1.165) is 15.2 Å². The van der Waals surface area contributed by atoms with Gasteiger partial charge in [-0.25, -0.2) is 4.98 Å². The molecule has 0 saturated carbocycles. The molecule has 1 aromatic heterocycles. The number of likely N-dealkylation sites (N-methyl/N-ethyl adjacent to an activating group) is 1. The summed E-state index contributed by atoms with van der Waals surface area (Å²) in [5.74, 6) is 0.546. The Balaban J connectivity index is 0.00000264. The number of benzene rings is 1. The van der Waals surface area contributed by atoms with Crippen molar-refractivity contribution in [2.75, 3.05) is 27.7 Å². The second kappa shape index (κ2) is 9.24. The number of rotatable bonds is 4. The van der Waals surface area contributed by atoms with Crippen LogP contribution in [0.2, 0.25) is 5.02 Å². The van der Waals surface area contributed by atoms with Gasteiger partial charge < -0.3 is 15.5 Å². The summed E-state index contributed by atoms with van der Waals surface area (Å²) in [4.78, 5) is 21.7. The van der Waals surface area contributed by atoms with Gasteiger partial charge in [0.15, 0.2) is 5.96 Å². The molecule has 2 rings (SSSR count). The molecule has 2 N–H and O–H groups in total. The maximum Gasteiger partial charge on any atom is 0.241 e. The quantitative estimate of drug-likeness (QED) is 0.411. The van der Waals surface area contributed by atoms with Crippen LogP contribution in [0.15, 0.2) is 23.2 Å². The standard InChI is InChI=1S/C14H18ClN5OS.HI/c1-16-14(18-8-13(21)20(2)3)17-7-12-19-10-6-9(15)4-5-11(10)22-12;/h4-6H,7-8H2,1-3H3,(H2,16,17,18);1H. The second-order valence-electron chi connectivity index (χ2n) is 4.79. The molecule has 0 bridgehead atoms. The average Bonchev–Trinajstić information content (AvgIpc) is 2.88. The molecule has 1 aromatic carbocycles. The third-order valence-electron chi connectivity index (χ3n) is 2.93. The molecule has 0 aliphatic carbocycles. The van der Waals surface area contributed by atoms with Crippen molar-refractivity contribution in [1.29, 1.82) is 0 Å². The molecule has 2 aromatic rings. The highest BCUT2D eigenvalue weighted by atomic mass is 127. The number of nitrogens with zero attached hydrogens (tertiary/aromatic N) is 3. The number of thiazole rings is 1. The number of halogens is 2. The fourth-order valence-corrected chi connectivity index (χ4v) is 2.78. The van der Waals surface area contributed by atoms with E-state index in [4.69, 9.17) is 11.6 Å². The first-order valence-corrected chi connectivity index (χ1v) is 7.88. The number of guanidine groups is 1. The monoisotopic (exact) mass is 467 g/mol. The molecule has 0 aliphatic rings. The van der Waals surface area contributed by atoms with Gasteiger partial charge in [-0.1, -0.05) is 11.6 Å². The van der Waals surface area contributed by atoms with Crippen molar-refractivity contribution in [3.05, 3.63) is 28.2 Å². The predicted octanol–water partition coefficient (Wildman–Crippen LogP) is 2.32. The molecular formula is C14H19ClIN5OS. The third-order valence-corrected chi connectivity index (χ3v) is 4.20. The normalized spacial score (nSPS) is 11.0. The fraction of sp³-hybridized carbons (Fsp3) is 0.357. The maximum atomic E-state index is 11.5. The van der Waals surface area contributed by atoms with Gasteiger partial charge in [0.25, 0.3) is 0 Å². The molecule has 0 saturated heterocycles. The van der Waals surface area contributed by atoms with E-state index >= 15 is 0 Å². The average molecular weight is 468 g/mol. The number of hydrogen-bond donors (Lipinski definition) is 2. The van der Waals surface area contributed by atoms with Gasteiger partial charge in [0.2, 0.25) is 5.91 Å². The molecule has 0 atom stereocenters. The molecule has 126 valence electrons. The van der Waals surface area contributed by atoms with E-state index in [1.807, 2.05) is 18.2 Å². The summed E-state index contributed by atoms with van der Waals surface area (Å²) < 4.78 is 1.09. The summed E-state index contributed by atoms with van der Waals surface area (Å²) in [6.45, 7) is 0.731. The lowest BCUT2D eigenvalue weighted by atomic mass is 10.3. The number of nitrogens with one attached hydrogen (secondary N) is 2. The highest BCUT2D eigenvalue weighted by Crippen LogP contribution is 2.24. The van der Waals surface area contributed by atoms with Gasteiger partial charge in [0.1, 0.15) is 5.01 Å². The Bertz CT molecular complexity index is 704. The SMILES string of the molecule is CN=C(NCC(=O)N(C)C)NCc1nc2cc(Cl)ccc2s1.I. The molecule has 0 unspecified atom stereocenters. The van der Waals surface area contributed by atoms with Crippen molar-refractivity contribution in [3.63, 3.8) is 0 Å². The Morgan fingerprint density at radius 3 is 2.78 bits per heavy atom. The van der Waals surface area contributed by atoms with Crippen molar-refractivity contribution in [2.45, 2.75) is 6.54 Å². The minimum absolute atomic E-state index is 0. The number of hydrogen-bond acceptors (Lipinski definition) is 4. The van der Waals surface area contributed by atoms with Crippen LogP contribution in [0.3, 0.4) is 0 Å². The Morgan fingerprint density at radius 1 is 1.39 bits per heavy atom. The fourth-order valence-electron chi connectivity index (χ4n) is 1.72. The van der Waals surface area contributed by atoms with Gasteiger partial charge in [0.05, 0.1) is 23.3 Å². The van der Waals surface area contributed by atoms with Gasteiger partial charge in [-0.15, -0.1) is 35.3 Å². The molecule has 0 radical (unpaired) electrons. The molecule has 0 fully saturated rings. The number of aliphatic imine (C=N–C) groups is 1. The molecule has 1 amide bonds. The van der Waals surface area contributed by atoms with Crippen LogP contribution in [-0.2, 0) is 11.3 Å². The molecule has 9 heteroatoms. The molecule has 23 heavy (non-hydrogen) atoms. The van der Waals surface area contributed by atoms with Crippen molar-refractivity contribution >= 4 is 69.0 Å². The van der Waals surface area contributed by atoms with Gasteiger partial charge in [-0.05, 0) is 18.2 Å². The largest absolute Gasteiger partial charge is 0.350 e. The minimum Gasteiger partial charge on any atom is -0.350 e. The lowest BCUT2D eigenvalue weighted by Gasteiger charge is -2.13. The van der Waals surface area contributed by atoms with E-state index in [-0.39, 0.29) is 36.4 Å². The zero-order chi connectivity index (χ0) is 16.1. The summed E-state index contributed by atoms with van der Waals surface area (Å²) in [6.07, 6.45) is 0. The van der Waals surface area contributed by atoms with Crippen LogP contribution < -0.4 is 10.6 Å². The van der Waals surface area contributed by atoms with Crippen LogP contribution in [0.5, 0.6) is 0 Å². The van der Waals surface area contributed by atoms with Gasteiger partial charge in [0, 0.05) is 26.2 Å². The molecular weight excluding hydrogens is 449 g/mol. The third kappa shape index (κ3) is 5.78. The lowest BCUT2D eigenvalue weighted by Crippen LogP contribution is -2.42. The zero-order valence-electron chi connectivity index (χ0n) is 13.1. The summed E-state index contributed by atoms with van der Waals surface area (Å²) in [6, 6.07) is 5.66. The zero-order valence-corrected chi connectivity index (χ0v) is 17.0. The van der Waals surface area contributed by atoms with Gasteiger partial charge in [-0.2, -0.15) is 0 Å². The summed E-state index contributed by atoms with van der Waals surface area (Å²) >= 11 is 7.56. The number of amides is 1. The van der Waals surface area contributed by atoms with E-state index in [0.29, 0.717) is 17.5 Å². The first-order chi connectivity index (χ1) is 10.5. The smallest absolute Gasteiger partial charge is 0.241 e. The summed E-state index contributed by atoms with van der Waals surface area (Å²) in [5.41, 5.74) is 0.889. The molecule has 1 heterocycles. The van der Waals surface area contributed by atoms with E-state index in [2.05, 4.69) is 20.6 Å². The van der Waals surface area contributed by atoms with Gasteiger partial charge in [-0.3, -0.25) is 9.79 Å². The van der Waals surface area contributed by atoms with Crippen molar-refractivity contribution in [1.82, 2.24) is 20.5 Å². The van der Waals surface area contributed by atoms with E-state index in [9.17, 15) is 4.79 Å². The van der Waals surface area contributed by atoms with Crippen molar-refractivity contribution < 1.29 is 4.79 Å². The summed E-state index contributed by atoms with van der Waals surface area (Å²) in [7, 11) is 5.09. The molecule has 6 nitrogen and oxygen atoms in total. The van der Waals surface area contributed by atoms with Crippen LogP contribution in [0.25, 0.3) is 10.2 Å². The topological polar surface area (TPSA) is 69.6 Å². The highest BCUT2D eigenvalue weighted by Gasteiger charge is 2.07. The van der Waals surface area contributed by atoms with Crippen LogP contribution >= 0.6 is 46.9 Å². The molecule has 0 spiro atoms. The summed E-state index contributed by atoms with van der Waals surface area (Å²) in [5, 5.41) is 7.71. The Labute approximate surface area is 161 Å². The van der Waals surface area contributed by atoms with Crippen LogP contribution in [0.1, 0.15) is 5.01 Å². The van der Waals surface area contributed by atoms with Crippen LogP contribution in [0.4, 0.5) is 0 Å². The number of carbonyl (C=O) groups excluding carboxylic acids is 1. The van der Waals surface area contributed by atoms with E-state index < -0.39 is 0 Å². The first kappa shape index (κ1) is 19.9. The maximum absolute atomic E-state index is 11.5. The number of fused-ring (bicyclic) bond motifs is 1. The van der Waals surface area contributed by atoms with Crippen LogP contribution in [0, 0.1) is 0 Å². The highest BCUT2D eigenvalue weighted by molar-refractivity contribution is 14.0. The first-order valence-electron chi connectivity index (χ1n) is 6.69. The Morgan fingerprint density at radius 2 is 2.13 bits per heavy atom. The van der Waals surface area contributed by atoms with Crippen LogP contribution in [-0.4, -0.2) is 49.4 Å². The predicted molar refractivity (Wildman–Crippen MR) is 107 cm³/mol. The van der Waals surface area contributed by atoms with Crippen molar-refractivity contribution in [3.8, 4) is 0 Å². The molecule has 0 aliphatic heterocycles. The number of aromatic nitrogens is 1. The van der Waals surface area contributed by atoms with Gasteiger partial charge >= 0.3 is 0 Å². The van der Waals surface area contributed by atoms with E-state index in [1.54, 1.807) is 32.5 Å². The number of carbonyl (C=O) groups is 1. The Kier molecular flexibility index (Phi) is 8.00. The lowest BCUT2D eigenvalue weighted by molar-refractivity contribution is -0.127.